The number of sulfone groups is 1. The van der Waals surface area contributed by atoms with E-state index in [1.165, 1.54) is 0 Å². The number of nitrogens with zero attached hydrogens (tertiary/aromatic N) is 1. The van der Waals surface area contributed by atoms with Crippen LogP contribution in [0.15, 0.2) is 0 Å². The molecule has 0 aromatic carbocycles. The maximum atomic E-state index is 11.6. The van der Waals surface area contributed by atoms with Crippen molar-refractivity contribution in [2.45, 2.75) is 30.6 Å². The fraction of sp³-hybridized carbons (Fsp3) is 0.900. The molecule has 0 bridgehead atoms. The van der Waals surface area contributed by atoms with E-state index in [9.17, 15) is 13.2 Å². The summed E-state index contributed by atoms with van der Waals surface area (Å²) in [6, 6.07) is -0.180. The Kier molecular flexibility index (Phi) is 3.21. The van der Waals surface area contributed by atoms with Crippen molar-refractivity contribution in [3.8, 4) is 0 Å². The Morgan fingerprint density at radius 1 is 1.44 bits per heavy atom. The van der Waals surface area contributed by atoms with Crippen LogP contribution in [0.4, 0.5) is 0 Å². The summed E-state index contributed by atoms with van der Waals surface area (Å²) in [5.41, 5.74) is 0. The van der Waals surface area contributed by atoms with Gasteiger partial charge in [0.15, 0.2) is 9.84 Å². The molecule has 2 rings (SSSR count). The van der Waals surface area contributed by atoms with Crippen molar-refractivity contribution in [2.75, 3.05) is 25.9 Å². The molecular weight excluding hydrogens is 228 g/mol. The van der Waals surface area contributed by atoms with Crippen molar-refractivity contribution < 1.29 is 13.2 Å². The van der Waals surface area contributed by atoms with Crippen molar-refractivity contribution in [1.29, 1.82) is 0 Å². The van der Waals surface area contributed by atoms with E-state index >= 15 is 0 Å². The smallest absolute Gasteiger partial charge is 0.239 e. The van der Waals surface area contributed by atoms with Crippen LogP contribution in [0, 0.1) is 0 Å². The van der Waals surface area contributed by atoms with E-state index in [2.05, 4.69) is 5.32 Å². The van der Waals surface area contributed by atoms with Gasteiger partial charge in [0, 0.05) is 20.1 Å². The highest BCUT2D eigenvalue weighted by Crippen LogP contribution is 2.19. The number of hydrogen-bond acceptors (Lipinski definition) is 4. The minimum absolute atomic E-state index is 0.0791. The van der Waals surface area contributed by atoms with E-state index in [4.69, 9.17) is 0 Å². The molecule has 0 aromatic rings. The van der Waals surface area contributed by atoms with Crippen molar-refractivity contribution in [3.63, 3.8) is 0 Å². The number of hydrogen-bond donors (Lipinski definition) is 1. The molecule has 0 aliphatic carbocycles. The zero-order valence-electron chi connectivity index (χ0n) is 9.48. The Morgan fingerprint density at radius 3 is 2.69 bits per heavy atom. The lowest BCUT2D eigenvalue weighted by Gasteiger charge is -2.15. The standard InChI is InChI=1S/C10H18N2O3S/c1-12-5-4-9(10(12)13)11-7-8-3-2-6-16(8,14)15/h8-9,11H,2-7H2,1H3. The van der Waals surface area contributed by atoms with Gasteiger partial charge >= 0.3 is 0 Å². The molecule has 2 unspecified atom stereocenters. The maximum absolute atomic E-state index is 11.6. The first-order valence-electron chi connectivity index (χ1n) is 5.70. The number of amides is 1. The summed E-state index contributed by atoms with van der Waals surface area (Å²) in [5.74, 6) is 0.383. The molecule has 92 valence electrons. The summed E-state index contributed by atoms with van der Waals surface area (Å²) in [6.45, 7) is 1.18. The van der Waals surface area contributed by atoms with Crippen LogP contribution in [0.1, 0.15) is 19.3 Å². The Bertz CT molecular complexity index is 380. The van der Waals surface area contributed by atoms with Crippen molar-refractivity contribution in [1.82, 2.24) is 10.2 Å². The van der Waals surface area contributed by atoms with Crippen LogP contribution in [0.25, 0.3) is 0 Å². The number of likely N-dealkylation sites (N-methyl/N-ethyl adjacent to an activating group) is 1. The van der Waals surface area contributed by atoms with Gasteiger partial charge in [-0.1, -0.05) is 0 Å². The number of nitrogens with one attached hydrogen (secondary N) is 1. The molecule has 5 nitrogen and oxygen atoms in total. The molecular formula is C10H18N2O3S. The zero-order valence-corrected chi connectivity index (χ0v) is 10.3. The Labute approximate surface area is 96.1 Å². The molecule has 1 N–H and O–H groups in total. The highest BCUT2D eigenvalue weighted by atomic mass is 32.2. The van der Waals surface area contributed by atoms with E-state index in [-0.39, 0.29) is 17.2 Å². The van der Waals surface area contributed by atoms with E-state index in [0.29, 0.717) is 12.3 Å². The summed E-state index contributed by atoms with van der Waals surface area (Å²) in [6.07, 6.45) is 2.27. The van der Waals surface area contributed by atoms with Gasteiger partial charge in [0.25, 0.3) is 0 Å². The van der Waals surface area contributed by atoms with Gasteiger partial charge in [-0.2, -0.15) is 0 Å². The third kappa shape index (κ3) is 2.22. The third-order valence-corrected chi connectivity index (χ3v) is 5.76. The second kappa shape index (κ2) is 4.33. The maximum Gasteiger partial charge on any atom is 0.239 e. The number of carbonyl (C=O) groups is 1. The summed E-state index contributed by atoms with van der Waals surface area (Å²) in [4.78, 5) is 13.3. The number of likely N-dealkylation sites (tertiary alicyclic amines) is 1. The zero-order chi connectivity index (χ0) is 11.8. The summed E-state index contributed by atoms with van der Waals surface area (Å²) < 4.78 is 23.2. The molecule has 2 atom stereocenters. The molecule has 0 spiro atoms. The number of carbonyl (C=O) groups excluding carboxylic acids is 1. The van der Waals surface area contributed by atoms with Gasteiger partial charge in [0.05, 0.1) is 17.0 Å². The first-order chi connectivity index (χ1) is 7.50. The van der Waals surface area contributed by atoms with Crippen molar-refractivity contribution >= 4 is 15.7 Å². The van der Waals surface area contributed by atoms with Gasteiger partial charge < -0.3 is 10.2 Å². The summed E-state index contributed by atoms with van der Waals surface area (Å²) in [5, 5.41) is 2.80. The molecule has 0 saturated carbocycles. The van der Waals surface area contributed by atoms with Crippen LogP contribution in [0.2, 0.25) is 0 Å². The van der Waals surface area contributed by atoms with Crippen molar-refractivity contribution in [2.24, 2.45) is 0 Å². The minimum atomic E-state index is -2.90. The molecule has 2 fully saturated rings. The quantitative estimate of drug-likeness (QED) is 0.721. The second-order valence-corrected chi connectivity index (χ2v) is 7.04. The monoisotopic (exact) mass is 246 g/mol. The van der Waals surface area contributed by atoms with Gasteiger partial charge in [-0.3, -0.25) is 4.79 Å². The van der Waals surface area contributed by atoms with Crippen LogP contribution in [-0.2, 0) is 14.6 Å². The first kappa shape index (κ1) is 11.9. The predicted octanol–water partition coefficient (Wildman–Crippen LogP) is -0.616. The third-order valence-electron chi connectivity index (χ3n) is 3.48. The van der Waals surface area contributed by atoms with Crippen molar-refractivity contribution in [3.05, 3.63) is 0 Å². The van der Waals surface area contributed by atoms with Gasteiger partial charge in [-0.05, 0) is 19.3 Å². The topological polar surface area (TPSA) is 66.5 Å². The van der Waals surface area contributed by atoms with Crippen LogP contribution < -0.4 is 5.32 Å². The first-order valence-corrected chi connectivity index (χ1v) is 7.42. The van der Waals surface area contributed by atoms with Crippen LogP contribution in [-0.4, -0.2) is 56.4 Å². The SMILES string of the molecule is CN1CCC(NCC2CCCS2(=O)=O)C1=O. The molecule has 6 heteroatoms. The molecule has 2 aliphatic heterocycles. The van der Waals surface area contributed by atoms with Crippen LogP contribution in [0.5, 0.6) is 0 Å². The second-order valence-electron chi connectivity index (χ2n) is 4.64. The van der Waals surface area contributed by atoms with Crippen LogP contribution >= 0.6 is 0 Å². The van der Waals surface area contributed by atoms with Gasteiger partial charge in [-0.25, -0.2) is 8.42 Å². The van der Waals surface area contributed by atoms with Gasteiger partial charge in [-0.15, -0.1) is 0 Å². The molecule has 2 saturated heterocycles. The molecule has 0 aromatic heterocycles. The average Bonchev–Trinajstić information content (AvgIpc) is 2.70. The predicted molar refractivity (Wildman–Crippen MR) is 60.9 cm³/mol. The Hall–Kier alpha value is -0.620. The Morgan fingerprint density at radius 2 is 2.19 bits per heavy atom. The van der Waals surface area contributed by atoms with E-state index in [1.54, 1.807) is 11.9 Å². The van der Waals surface area contributed by atoms with Gasteiger partial charge in [0.2, 0.25) is 5.91 Å². The van der Waals surface area contributed by atoms with E-state index in [0.717, 1.165) is 25.8 Å². The molecule has 16 heavy (non-hydrogen) atoms. The van der Waals surface area contributed by atoms with E-state index < -0.39 is 9.84 Å². The normalized spacial score (nSPS) is 33.6. The summed E-state index contributed by atoms with van der Waals surface area (Å²) >= 11 is 0. The fourth-order valence-corrected chi connectivity index (χ4v) is 4.15. The van der Waals surface area contributed by atoms with E-state index in [1.807, 2.05) is 0 Å². The largest absolute Gasteiger partial charge is 0.344 e. The number of rotatable bonds is 3. The molecule has 2 aliphatic rings. The molecule has 1 amide bonds. The lowest BCUT2D eigenvalue weighted by atomic mass is 10.2. The van der Waals surface area contributed by atoms with Gasteiger partial charge in [0.1, 0.15) is 0 Å². The summed E-state index contributed by atoms with van der Waals surface area (Å²) in [7, 11) is -1.12. The molecule has 0 radical (unpaired) electrons. The highest BCUT2D eigenvalue weighted by Gasteiger charge is 2.34. The lowest BCUT2D eigenvalue weighted by molar-refractivity contribution is -0.128. The fourth-order valence-electron chi connectivity index (χ4n) is 2.37. The lowest BCUT2D eigenvalue weighted by Crippen LogP contribution is -2.41. The van der Waals surface area contributed by atoms with Crippen LogP contribution in [0.3, 0.4) is 0 Å². The highest BCUT2D eigenvalue weighted by molar-refractivity contribution is 7.92. The minimum Gasteiger partial charge on any atom is -0.344 e. The average molecular weight is 246 g/mol. The molecule has 2 heterocycles. The Balaban J connectivity index is 1.86.